The van der Waals surface area contributed by atoms with Crippen LogP contribution in [0.15, 0.2) is 44.7 Å². The topological polar surface area (TPSA) is 20.3 Å². The van der Waals surface area contributed by atoms with Gasteiger partial charge in [0.1, 0.15) is 0 Å². The minimum atomic E-state index is 0.0166. The van der Waals surface area contributed by atoms with Crippen molar-refractivity contribution in [3.05, 3.63) is 55.1 Å². The van der Waals surface area contributed by atoms with E-state index in [1.807, 2.05) is 43.6 Å². The fraction of sp³-hybridized carbons (Fsp3) is 0.214. The van der Waals surface area contributed by atoms with Crippen LogP contribution in [-0.2, 0) is 0 Å². The zero-order valence-electron chi connectivity index (χ0n) is 10.6. The highest BCUT2D eigenvalue weighted by Crippen LogP contribution is 2.26. The van der Waals surface area contributed by atoms with Gasteiger partial charge in [0, 0.05) is 26.4 Å². The first-order valence-corrected chi connectivity index (χ1v) is 8.22. The summed E-state index contributed by atoms with van der Waals surface area (Å²) in [6.45, 7) is 2.04. The van der Waals surface area contributed by atoms with Crippen LogP contribution in [-0.4, -0.2) is 17.9 Å². The van der Waals surface area contributed by atoms with Crippen molar-refractivity contribution < 1.29 is 4.79 Å². The number of rotatable bonds is 3. The Bertz CT molecular complexity index is 563. The van der Waals surface area contributed by atoms with Crippen LogP contribution in [0.5, 0.6) is 0 Å². The Labute approximate surface area is 133 Å². The largest absolute Gasteiger partial charge is 0.334 e. The van der Waals surface area contributed by atoms with E-state index in [4.69, 9.17) is 0 Å². The lowest BCUT2D eigenvalue weighted by Crippen LogP contribution is -2.29. The molecule has 0 saturated heterocycles. The highest BCUT2D eigenvalue weighted by atomic mass is 79.9. The van der Waals surface area contributed by atoms with E-state index in [0.29, 0.717) is 5.56 Å². The first-order chi connectivity index (χ1) is 8.99. The molecule has 1 heterocycles. The number of hydrogen-bond donors (Lipinski definition) is 0. The first-order valence-electron chi connectivity index (χ1n) is 5.75. The van der Waals surface area contributed by atoms with Gasteiger partial charge >= 0.3 is 0 Å². The molecule has 1 aromatic carbocycles. The molecule has 2 rings (SSSR count). The third kappa shape index (κ3) is 3.46. The molecule has 0 saturated carbocycles. The van der Waals surface area contributed by atoms with E-state index >= 15 is 0 Å². The molecule has 1 aromatic heterocycles. The van der Waals surface area contributed by atoms with Crippen molar-refractivity contribution in [1.29, 1.82) is 0 Å². The quantitative estimate of drug-likeness (QED) is 0.698. The molecule has 0 N–H and O–H groups in total. The second-order valence-corrected chi connectivity index (χ2v) is 7.08. The van der Waals surface area contributed by atoms with Gasteiger partial charge in [-0.25, -0.2) is 0 Å². The molecule has 5 heteroatoms. The normalized spacial score (nSPS) is 12.2. The highest BCUT2D eigenvalue weighted by Gasteiger charge is 2.20. The molecule has 0 aliphatic rings. The molecule has 19 heavy (non-hydrogen) atoms. The molecule has 100 valence electrons. The van der Waals surface area contributed by atoms with Gasteiger partial charge in [-0.15, -0.1) is 11.3 Å². The van der Waals surface area contributed by atoms with Gasteiger partial charge in [-0.3, -0.25) is 4.79 Å². The number of benzene rings is 1. The van der Waals surface area contributed by atoms with Crippen molar-refractivity contribution in [2.75, 3.05) is 7.05 Å². The molecule has 0 fully saturated rings. The Morgan fingerprint density at radius 1 is 1.26 bits per heavy atom. The van der Waals surface area contributed by atoms with Gasteiger partial charge in [0.15, 0.2) is 0 Å². The van der Waals surface area contributed by atoms with Gasteiger partial charge in [-0.05, 0) is 36.6 Å². The van der Waals surface area contributed by atoms with Gasteiger partial charge in [0.05, 0.1) is 6.04 Å². The van der Waals surface area contributed by atoms with Gasteiger partial charge < -0.3 is 4.90 Å². The van der Waals surface area contributed by atoms with Gasteiger partial charge in [-0.1, -0.05) is 37.9 Å². The van der Waals surface area contributed by atoms with E-state index in [-0.39, 0.29) is 11.9 Å². The maximum Gasteiger partial charge on any atom is 0.254 e. The number of halogens is 2. The molecule has 2 aromatic rings. The van der Waals surface area contributed by atoms with Crippen molar-refractivity contribution in [2.45, 2.75) is 13.0 Å². The van der Waals surface area contributed by atoms with E-state index in [0.717, 1.165) is 8.95 Å². The van der Waals surface area contributed by atoms with Crippen LogP contribution in [0.25, 0.3) is 0 Å². The van der Waals surface area contributed by atoms with Gasteiger partial charge in [-0.2, -0.15) is 0 Å². The predicted octanol–water partition coefficient (Wildman–Crippen LogP) is 5.11. The Hall–Kier alpha value is -0.650. The molecule has 0 radical (unpaired) electrons. The summed E-state index contributed by atoms with van der Waals surface area (Å²) in [5, 5.41) is 2.03. The minimum absolute atomic E-state index is 0.0166. The Morgan fingerprint density at radius 2 is 1.89 bits per heavy atom. The minimum Gasteiger partial charge on any atom is -0.334 e. The summed E-state index contributed by atoms with van der Waals surface area (Å²) in [6.07, 6.45) is 0. The first kappa shape index (κ1) is 14.8. The second-order valence-electron chi connectivity index (χ2n) is 4.27. The number of carbonyl (C=O) groups excluding carboxylic acids is 1. The number of thiophene rings is 1. The van der Waals surface area contributed by atoms with Crippen LogP contribution in [0.4, 0.5) is 0 Å². The molecular formula is C14H13Br2NOS. The van der Waals surface area contributed by atoms with E-state index in [1.54, 1.807) is 16.2 Å². The van der Waals surface area contributed by atoms with Crippen molar-refractivity contribution in [3.8, 4) is 0 Å². The third-order valence-electron chi connectivity index (χ3n) is 2.97. The van der Waals surface area contributed by atoms with Crippen molar-refractivity contribution in [1.82, 2.24) is 4.90 Å². The summed E-state index contributed by atoms with van der Waals surface area (Å²) in [5.74, 6) is 0.0166. The molecule has 0 aliphatic heterocycles. The lowest BCUT2D eigenvalue weighted by atomic mass is 10.1. The van der Waals surface area contributed by atoms with Crippen LogP contribution >= 0.6 is 43.2 Å². The Morgan fingerprint density at radius 3 is 2.42 bits per heavy atom. The van der Waals surface area contributed by atoms with Crippen molar-refractivity contribution >= 4 is 49.1 Å². The van der Waals surface area contributed by atoms with E-state index in [9.17, 15) is 4.79 Å². The lowest BCUT2D eigenvalue weighted by Gasteiger charge is -2.24. The van der Waals surface area contributed by atoms with E-state index in [1.165, 1.54) is 4.88 Å². The summed E-state index contributed by atoms with van der Waals surface area (Å²) >= 11 is 8.48. The van der Waals surface area contributed by atoms with Crippen LogP contribution < -0.4 is 0 Å². The SMILES string of the molecule is CC(c1cccs1)N(C)C(=O)c1cc(Br)cc(Br)c1. The van der Waals surface area contributed by atoms with E-state index in [2.05, 4.69) is 37.9 Å². The fourth-order valence-electron chi connectivity index (χ4n) is 1.78. The lowest BCUT2D eigenvalue weighted by molar-refractivity contribution is 0.0745. The maximum atomic E-state index is 12.5. The molecule has 0 spiro atoms. The summed E-state index contributed by atoms with van der Waals surface area (Å²) in [7, 11) is 1.83. The van der Waals surface area contributed by atoms with Crippen LogP contribution in [0, 0.1) is 0 Å². The third-order valence-corrected chi connectivity index (χ3v) is 4.92. The zero-order valence-corrected chi connectivity index (χ0v) is 14.5. The van der Waals surface area contributed by atoms with Crippen LogP contribution in [0.2, 0.25) is 0 Å². The highest BCUT2D eigenvalue weighted by molar-refractivity contribution is 9.11. The zero-order chi connectivity index (χ0) is 14.0. The standard InChI is InChI=1S/C14H13Br2NOS/c1-9(13-4-3-5-19-13)17(2)14(18)10-6-11(15)8-12(16)7-10/h3-9H,1-2H3. The number of amides is 1. The summed E-state index contributed by atoms with van der Waals surface area (Å²) in [4.78, 5) is 15.4. The molecule has 1 unspecified atom stereocenters. The van der Waals surface area contributed by atoms with Crippen molar-refractivity contribution in [2.24, 2.45) is 0 Å². The number of nitrogens with zero attached hydrogens (tertiary/aromatic N) is 1. The molecule has 0 aliphatic carbocycles. The van der Waals surface area contributed by atoms with Crippen LogP contribution in [0.3, 0.4) is 0 Å². The smallest absolute Gasteiger partial charge is 0.254 e. The predicted molar refractivity (Wildman–Crippen MR) is 86.7 cm³/mol. The van der Waals surface area contributed by atoms with Gasteiger partial charge in [0.25, 0.3) is 5.91 Å². The van der Waals surface area contributed by atoms with Crippen LogP contribution in [0.1, 0.15) is 28.2 Å². The number of carbonyl (C=O) groups is 1. The Balaban J connectivity index is 2.23. The average Bonchev–Trinajstić information content (AvgIpc) is 2.88. The van der Waals surface area contributed by atoms with Crippen molar-refractivity contribution in [3.63, 3.8) is 0 Å². The molecular weight excluding hydrogens is 390 g/mol. The van der Waals surface area contributed by atoms with E-state index < -0.39 is 0 Å². The molecule has 1 atom stereocenters. The molecule has 1 amide bonds. The maximum absolute atomic E-state index is 12.5. The fourth-order valence-corrected chi connectivity index (χ4v) is 3.90. The molecule has 0 bridgehead atoms. The molecule has 2 nitrogen and oxygen atoms in total. The number of hydrogen-bond acceptors (Lipinski definition) is 2. The monoisotopic (exact) mass is 401 g/mol. The van der Waals surface area contributed by atoms with Gasteiger partial charge in [0.2, 0.25) is 0 Å². The Kier molecular flexibility index (Phi) is 4.81. The summed E-state index contributed by atoms with van der Waals surface area (Å²) in [6, 6.07) is 9.72. The average molecular weight is 403 g/mol. The summed E-state index contributed by atoms with van der Waals surface area (Å²) in [5.41, 5.74) is 0.673. The summed E-state index contributed by atoms with van der Waals surface area (Å²) < 4.78 is 1.78. The second kappa shape index (κ2) is 6.20.